The summed E-state index contributed by atoms with van der Waals surface area (Å²) in [5, 5.41) is 10.9. The van der Waals surface area contributed by atoms with Crippen molar-refractivity contribution in [3.05, 3.63) is 71.2 Å². The lowest BCUT2D eigenvalue weighted by Crippen LogP contribution is -2.13. The second kappa shape index (κ2) is 7.31. The van der Waals surface area contributed by atoms with Gasteiger partial charge in [-0.25, -0.2) is 4.39 Å². The molecule has 0 radical (unpaired) electrons. The fraction of sp³-hybridized carbons (Fsp3) is 0.182. The van der Waals surface area contributed by atoms with Crippen LogP contribution >= 0.6 is 0 Å². The highest BCUT2D eigenvalue weighted by Gasteiger charge is 2.15. The molecular weight excluding hydrogens is 355 g/mol. The van der Waals surface area contributed by atoms with Gasteiger partial charge in [-0.05, 0) is 61.7 Å². The second-order valence-corrected chi connectivity index (χ2v) is 6.90. The van der Waals surface area contributed by atoms with E-state index in [-0.39, 0.29) is 11.7 Å². The Bertz CT molecular complexity index is 1140. The Kier molecular flexibility index (Phi) is 4.69. The molecule has 0 saturated heterocycles. The first-order valence-electron chi connectivity index (χ1n) is 9.20. The van der Waals surface area contributed by atoms with E-state index in [0.29, 0.717) is 18.7 Å². The van der Waals surface area contributed by atoms with Crippen molar-refractivity contribution in [2.24, 2.45) is 0 Å². The standard InChI is InChI=1S/C22H21FN4O/c1-13-14(2)26-27-22(13)25-20(28)12-11-18-17-5-3-4-6-19(17)24-21(18)15-7-9-16(23)10-8-15/h3-10,24H,11-12H2,1-2H3,(H2,25,26,27,28). The monoisotopic (exact) mass is 376 g/mol. The highest BCUT2D eigenvalue weighted by atomic mass is 19.1. The predicted octanol–water partition coefficient (Wildman–Crippen LogP) is 4.89. The van der Waals surface area contributed by atoms with E-state index in [9.17, 15) is 9.18 Å². The molecule has 0 aliphatic carbocycles. The van der Waals surface area contributed by atoms with Gasteiger partial charge in [-0.2, -0.15) is 5.10 Å². The number of carbonyl (C=O) groups excluding carboxylic acids is 1. The average molecular weight is 376 g/mol. The molecule has 28 heavy (non-hydrogen) atoms. The van der Waals surface area contributed by atoms with E-state index in [1.807, 2.05) is 38.1 Å². The number of aryl methyl sites for hydroxylation is 2. The van der Waals surface area contributed by atoms with Crippen molar-refractivity contribution in [1.82, 2.24) is 15.2 Å². The van der Waals surface area contributed by atoms with Crippen LogP contribution in [0.2, 0.25) is 0 Å². The van der Waals surface area contributed by atoms with Gasteiger partial charge in [0.05, 0.1) is 0 Å². The molecular formula is C22H21FN4O. The second-order valence-electron chi connectivity index (χ2n) is 6.90. The van der Waals surface area contributed by atoms with Crippen molar-refractivity contribution in [2.45, 2.75) is 26.7 Å². The van der Waals surface area contributed by atoms with E-state index in [4.69, 9.17) is 0 Å². The van der Waals surface area contributed by atoms with Crippen molar-refractivity contribution in [1.29, 1.82) is 0 Å². The maximum atomic E-state index is 13.3. The minimum atomic E-state index is -0.273. The molecule has 0 fully saturated rings. The topological polar surface area (TPSA) is 73.6 Å². The number of hydrogen-bond acceptors (Lipinski definition) is 2. The van der Waals surface area contributed by atoms with Crippen LogP contribution in [0.3, 0.4) is 0 Å². The summed E-state index contributed by atoms with van der Waals surface area (Å²) < 4.78 is 13.3. The van der Waals surface area contributed by atoms with Crippen molar-refractivity contribution in [2.75, 3.05) is 5.32 Å². The summed E-state index contributed by atoms with van der Waals surface area (Å²) in [6.07, 6.45) is 0.881. The number of para-hydroxylation sites is 1. The quantitative estimate of drug-likeness (QED) is 0.464. The van der Waals surface area contributed by atoms with Gasteiger partial charge in [0.2, 0.25) is 5.91 Å². The molecule has 5 nitrogen and oxygen atoms in total. The average Bonchev–Trinajstić information content (AvgIpc) is 3.22. The van der Waals surface area contributed by atoms with Gasteiger partial charge in [-0.15, -0.1) is 0 Å². The third kappa shape index (κ3) is 3.41. The summed E-state index contributed by atoms with van der Waals surface area (Å²) in [5.41, 5.74) is 5.73. The minimum Gasteiger partial charge on any atom is -0.354 e. The number of fused-ring (bicyclic) bond motifs is 1. The Morgan fingerprint density at radius 1 is 1.11 bits per heavy atom. The lowest BCUT2D eigenvalue weighted by molar-refractivity contribution is -0.116. The van der Waals surface area contributed by atoms with Crippen molar-refractivity contribution >= 4 is 22.6 Å². The third-order valence-electron chi connectivity index (χ3n) is 5.06. The fourth-order valence-electron chi connectivity index (χ4n) is 3.36. The summed E-state index contributed by atoms with van der Waals surface area (Å²) in [4.78, 5) is 15.9. The molecule has 2 heterocycles. The smallest absolute Gasteiger partial charge is 0.225 e. The summed E-state index contributed by atoms with van der Waals surface area (Å²) in [6.45, 7) is 3.83. The zero-order chi connectivity index (χ0) is 19.7. The maximum absolute atomic E-state index is 13.3. The molecule has 0 spiro atoms. The van der Waals surface area contributed by atoms with Gasteiger partial charge in [0.1, 0.15) is 5.82 Å². The summed E-state index contributed by atoms with van der Waals surface area (Å²) in [6, 6.07) is 14.4. The number of hydrogen-bond donors (Lipinski definition) is 3. The molecule has 4 aromatic rings. The largest absolute Gasteiger partial charge is 0.354 e. The van der Waals surface area contributed by atoms with E-state index in [0.717, 1.165) is 39.0 Å². The number of halogens is 1. The van der Waals surface area contributed by atoms with Gasteiger partial charge >= 0.3 is 0 Å². The van der Waals surface area contributed by atoms with E-state index < -0.39 is 0 Å². The minimum absolute atomic E-state index is 0.0927. The Morgan fingerprint density at radius 2 is 1.86 bits per heavy atom. The molecule has 3 N–H and O–H groups in total. The van der Waals surface area contributed by atoms with Crippen LogP contribution in [0.15, 0.2) is 48.5 Å². The van der Waals surface area contributed by atoms with Gasteiger partial charge in [0.15, 0.2) is 5.82 Å². The lowest BCUT2D eigenvalue weighted by atomic mass is 10.0. The number of H-pyrrole nitrogens is 2. The Hall–Kier alpha value is -3.41. The van der Waals surface area contributed by atoms with Crippen LogP contribution in [0.1, 0.15) is 23.2 Å². The Balaban J connectivity index is 1.60. The highest BCUT2D eigenvalue weighted by molar-refractivity contribution is 5.93. The molecule has 4 rings (SSSR count). The van der Waals surface area contributed by atoms with E-state index in [1.165, 1.54) is 12.1 Å². The number of benzene rings is 2. The van der Waals surface area contributed by atoms with Crippen LogP contribution in [0, 0.1) is 19.7 Å². The summed E-state index contributed by atoms with van der Waals surface area (Å²) >= 11 is 0. The van der Waals surface area contributed by atoms with E-state index in [2.05, 4.69) is 20.5 Å². The molecule has 142 valence electrons. The number of amides is 1. The highest BCUT2D eigenvalue weighted by Crippen LogP contribution is 2.31. The Labute approximate surface area is 162 Å². The number of aromatic nitrogens is 3. The zero-order valence-electron chi connectivity index (χ0n) is 15.8. The van der Waals surface area contributed by atoms with Crippen LogP contribution < -0.4 is 5.32 Å². The number of aromatic amines is 2. The molecule has 6 heteroatoms. The van der Waals surface area contributed by atoms with Crippen molar-refractivity contribution in [3.8, 4) is 11.3 Å². The SMILES string of the molecule is Cc1[nH]nc(NC(=O)CCc2c(-c3ccc(F)cc3)[nH]c3ccccc23)c1C. The first kappa shape index (κ1) is 18.0. The van der Waals surface area contributed by atoms with Gasteiger partial charge in [-0.1, -0.05) is 18.2 Å². The molecule has 0 atom stereocenters. The molecule has 0 unspecified atom stereocenters. The molecule has 0 aliphatic rings. The molecule has 1 amide bonds. The number of anilines is 1. The van der Waals surface area contributed by atoms with Crippen LogP contribution in [-0.2, 0) is 11.2 Å². The number of nitrogens with one attached hydrogen (secondary N) is 3. The maximum Gasteiger partial charge on any atom is 0.225 e. The molecule has 0 bridgehead atoms. The van der Waals surface area contributed by atoms with Gasteiger partial charge in [0, 0.05) is 34.3 Å². The number of carbonyl (C=O) groups is 1. The Morgan fingerprint density at radius 3 is 2.57 bits per heavy atom. The summed E-state index contributed by atoms with van der Waals surface area (Å²) in [5.74, 6) is 0.204. The number of rotatable bonds is 5. The van der Waals surface area contributed by atoms with E-state index in [1.54, 1.807) is 12.1 Å². The van der Waals surface area contributed by atoms with Gasteiger partial charge in [0.25, 0.3) is 0 Å². The number of nitrogens with zero attached hydrogens (tertiary/aromatic N) is 1. The van der Waals surface area contributed by atoms with Crippen LogP contribution in [0.25, 0.3) is 22.2 Å². The van der Waals surface area contributed by atoms with Crippen molar-refractivity contribution in [3.63, 3.8) is 0 Å². The fourth-order valence-corrected chi connectivity index (χ4v) is 3.36. The van der Waals surface area contributed by atoms with Crippen molar-refractivity contribution < 1.29 is 9.18 Å². The first-order chi connectivity index (χ1) is 13.5. The van der Waals surface area contributed by atoms with Gasteiger partial charge < -0.3 is 10.3 Å². The molecule has 0 saturated carbocycles. The summed E-state index contributed by atoms with van der Waals surface area (Å²) in [7, 11) is 0. The third-order valence-corrected chi connectivity index (χ3v) is 5.06. The zero-order valence-corrected chi connectivity index (χ0v) is 15.8. The molecule has 2 aromatic heterocycles. The molecule has 2 aromatic carbocycles. The predicted molar refractivity (Wildman–Crippen MR) is 109 cm³/mol. The molecule has 0 aliphatic heterocycles. The first-order valence-corrected chi connectivity index (χ1v) is 9.20. The normalized spacial score (nSPS) is 11.1. The van der Waals surface area contributed by atoms with Crippen LogP contribution in [0.4, 0.5) is 10.2 Å². The lowest BCUT2D eigenvalue weighted by Gasteiger charge is -2.07. The van der Waals surface area contributed by atoms with Crippen LogP contribution in [0.5, 0.6) is 0 Å². The van der Waals surface area contributed by atoms with Gasteiger partial charge in [-0.3, -0.25) is 9.89 Å². The van der Waals surface area contributed by atoms with E-state index >= 15 is 0 Å². The van der Waals surface area contributed by atoms with Crippen LogP contribution in [-0.4, -0.2) is 21.1 Å².